The zero-order valence-electron chi connectivity index (χ0n) is 17.5. The van der Waals surface area contributed by atoms with Crippen LogP contribution in [-0.2, 0) is 5.75 Å². The number of hydrogen-bond acceptors (Lipinski definition) is 8. The molecule has 168 valence electrons. The molecule has 0 unspecified atom stereocenters. The van der Waals surface area contributed by atoms with Crippen LogP contribution >= 0.6 is 11.8 Å². The Kier molecular flexibility index (Phi) is 4.99. The molecule has 3 heterocycles. The number of hydrogen-bond donors (Lipinski definition) is 0. The average molecular weight is 474 g/mol. The van der Waals surface area contributed by atoms with E-state index < -0.39 is 0 Å². The van der Waals surface area contributed by atoms with Crippen molar-refractivity contribution in [3.63, 3.8) is 0 Å². The van der Waals surface area contributed by atoms with Crippen molar-refractivity contribution >= 4 is 22.7 Å². The largest absolute Gasteiger partial charge is 0.454 e. The van der Waals surface area contributed by atoms with E-state index in [1.165, 1.54) is 28.5 Å². The van der Waals surface area contributed by atoms with Gasteiger partial charge in [-0.2, -0.15) is 4.98 Å². The van der Waals surface area contributed by atoms with E-state index in [-0.39, 0.29) is 23.9 Å². The lowest BCUT2D eigenvalue weighted by molar-refractivity contribution is 0.174. The van der Waals surface area contributed by atoms with Crippen LogP contribution in [0.2, 0.25) is 0 Å². The number of nitrogens with zero attached hydrogens (tertiary/aromatic N) is 4. The van der Waals surface area contributed by atoms with Gasteiger partial charge in [-0.25, -0.2) is 9.37 Å². The lowest BCUT2D eigenvalue weighted by Crippen LogP contribution is -2.21. The molecule has 0 atom stereocenters. The van der Waals surface area contributed by atoms with Crippen molar-refractivity contribution in [2.24, 2.45) is 0 Å². The smallest absolute Gasteiger partial charge is 0.266 e. The maximum Gasteiger partial charge on any atom is 0.266 e. The minimum atomic E-state index is -0.387. The van der Waals surface area contributed by atoms with Crippen LogP contribution in [0.3, 0.4) is 0 Å². The highest BCUT2D eigenvalue weighted by Gasteiger charge is 2.18. The van der Waals surface area contributed by atoms with Crippen molar-refractivity contribution in [3.8, 4) is 28.6 Å². The molecule has 0 fully saturated rings. The third-order valence-electron chi connectivity index (χ3n) is 5.25. The van der Waals surface area contributed by atoms with Crippen molar-refractivity contribution in [1.29, 1.82) is 0 Å². The van der Waals surface area contributed by atoms with Crippen molar-refractivity contribution in [2.75, 3.05) is 6.79 Å². The Bertz CT molecular complexity index is 1580. The standard InChI is InChI=1S/C24H15FN4O4S/c25-15-6-8-16(9-7-15)29-23(30)17-3-1-2-4-18(17)26-24(29)34-12-21-27-22(28-33-21)14-5-10-19-20(11-14)32-13-31-19/h1-11H,12-13H2. The molecular formula is C24H15FN4O4S. The van der Waals surface area contributed by atoms with Crippen LogP contribution in [0, 0.1) is 5.82 Å². The second-order valence-electron chi connectivity index (χ2n) is 7.40. The highest BCUT2D eigenvalue weighted by atomic mass is 32.2. The van der Waals surface area contributed by atoms with Crippen molar-refractivity contribution in [1.82, 2.24) is 19.7 Å². The van der Waals surface area contributed by atoms with Crippen LogP contribution in [0.5, 0.6) is 11.5 Å². The van der Waals surface area contributed by atoms with Crippen LogP contribution in [0.4, 0.5) is 4.39 Å². The first-order valence-electron chi connectivity index (χ1n) is 10.3. The van der Waals surface area contributed by atoms with Crippen molar-refractivity contribution < 1.29 is 18.4 Å². The summed E-state index contributed by atoms with van der Waals surface area (Å²) >= 11 is 1.27. The van der Waals surface area contributed by atoms with E-state index in [2.05, 4.69) is 15.1 Å². The minimum absolute atomic E-state index is 0.182. The summed E-state index contributed by atoms with van der Waals surface area (Å²) in [5.74, 6) is 1.97. The van der Waals surface area contributed by atoms with Gasteiger partial charge in [-0.3, -0.25) is 9.36 Å². The number of rotatable bonds is 5. The van der Waals surface area contributed by atoms with Gasteiger partial charge in [-0.05, 0) is 54.6 Å². The number of ether oxygens (including phenoxy) is 2. The summed E-state index contributed by atoms with van der Waals surface area (Å²) in [4.78, 5) is 22.4. The first-order valence-corrected chi connectivity index (χ1v) is 11.3. The van der Waals surface area contributed by atoms with E-state index >= 15 is 0 Å². The lowest BCUT2D eigenvalue weighted by Gasteiger charge is -2.12. The molecule has 0 amide bonds. The van der Waals surface area contributed by atoms with Gasteiger partial charge in [0.1, 0.15) is 5.82 Å². The molecule has 34 heavy (non-hydrogen) atoms. The lowest BCUT2D eigenvalue weighted by atomic mass is 10.2. The quantitative estimate of drug-likeness (QED) is 0.270. The first-order chi connectivity index (χ1) is 16.7. The second-order valence-corrected chi connectivity index (χ2v) is 8.34. The molecule has 2 aromatic heterocycles. The summed E-state index contributed by atoms with van der Waals surface area (Å²) in [6.07, 6.45) is 0. The molecule has 3 aromatic carbocycles. The third-order valence-corrected chi connectivity index (χ3v) is 6.18. The number of halogens is 1. The van der Waals surface area contributed by atoms with Crippen molar-refractivity contribution in [2.45, 2.75) is 10.9 Å². The van der Waals surface area contributed by atoms with Gasteiger partial charge in [0.05, 0.1) is 22.3 Å². The fourth-order valence-electron chi connectivity index (χ4n) is 3.62. The molecule has 0 radical (unpaired) electrons. The molecule has 6 rings (SSSR count). The van der Waals surface area contributed by atoms with Crippen LogP contribution in [0.25, 0.3) is 28.0 Å². The summed E-state index contributed by atoms with van der Waals surface area (Å²) in [5, 5.41) is 4.96. The Hall–Kier alpha value is -4.18. The van der Waals surface area contributed by atoms with E-state index in [1.807, 2.05) is 12.1 Å². The molecule has 0 N–H and O–H groups in total. The Morgan fingerprint density at radius 3 is 2.68 bits per heavy atom. The number of para-hydroxylation sites is 1. The predicted octanol–water partition coefficient (Wildman–Crippen LogP) is 4.60. The number of aromatic nitrogens is 4. The number of benzene rings is 3. The van der Waals surface area contributed by atoms with Gasteiger partial charge < -0.3 is 14.0 Å². The van der Waals surface area contributed by atoms with E-state index in [1.54, 1.807) is 42.5 Å². The SMILES string of the molecule is O=c1c2ccccc2nc(SCc2nc(-c3ccc4c(c3)OCO4)no2)n1-c1ccc(F)cc1. The predicted molar refractivity (Wildman–Crippen MR) is 123 cm³/mol. The fraction of sp³-hybridized carbons (Fsp3) is 0.0833. The molecule has 8 nitrogen and oxygen atoms in total. The molecule has 0 saturated carbocycles. The molecule has 1 aliphatic rings. The van der Waals surface area contributed by atoms with Crippen LogP contribution in [0.15, 0.2) is 81.2 Å². The Morgan fingerprint density at radius 1 is 0.971 bits per heavy atom. The fourth-order valence-corrected chi connectivity index (χ4v) is 4.47. The molecule has 10 heteroatoms. The maximum absolute atomic E-state index is 13.5. The molecule has 0 aliphatic carbocycles. The topological polar surface area (TPSA) is 92.3 Å². The normalized spacial score (nSPS) is 12.4. The zero-order chi connectivity index (χ0) is 23.1. The van der Waals surface area contributed by atoms with Gasteiger partial charge in [-0.1, -0.05) is 29.1 Å². The molecule has 5 aromatic rings. The summed E-state index contributed by atoms with van der Waals surface area (Å²) in [6.45, 7) is 0.182. The minimum Gasteiger partial charge on any atom is -0.454 e. The molecule has 1 aliphatic heterocycles. The molecular weight excluding hydrogens is 459 g/mol. The van der Waals surface area contributed by atoms with Gasteiger partial charge in [0.2, 0.25) is 18.5 Å². The van der Waals surface area contributed by atoms with Crippen LogP contribution in [-0.4, -0.2) is 26.5 Å². The van der Waals surface area contributed by atoms with Gasteiger partial charge in [0.15, 0.2) is 16.7 Å². The highest BCUT2D eigenvalue weighted by molar-refractivity contribution is 7.98. The number of fused-ring (bicyclic) bond motifs is 2. The Labute approximate surface area is 196 Å². The second kappa shape index (κ2) is 8.31. The van der Waals surface area contributed by atoms with E-state index in [0.717, 1.165) is 5.56 Å². The van der Waals surface area contributed by atoms with Crippen LogP contribution < -0.4 is 15.0 Å². The summed E-state index contributed by atoms with van der Waals surface area (Å²) in [5.41, 5.74) is 1.57. The van der Waals surface area contributed by atoms with E-state index in [4.69, 9.17) is 14.0 Å². The van der Waals surface area contributed by atoms with Crippen LogP contribution in [0.1, 0.15) is 5.89 Å². The molecule has 0 saturated heterocycles. The Morgan fingerprint density at radius 2 is 1.79 bits per heavy atom. The number of thioether (sulfide) groups is 1. The molecule has 0 spiro atoms. The average Bonchev–Trinajstić information content (AvgIpc) is 3.53. The first kappa shape index (κ1) is 20.4. The van der Waals surface area contributed by atoms with Gasteiger partial charge in [0, 0.05) is 5.56 Å². The highest BCUT2D eigenvalue weighted by Crippen LogP contribution is 2.35. The summed E-state index contributed by atoms with van der Waals surface area (Å²) in [6, 6.07) is 18.2. The monoisotopic (exact) mass is 474 g/mol. The van der Waals surface area contributed by atoms with Crippen molar-refractivity contribution in [3.05, 3.63) is 88.8 Å². The van der Waals surface area contributed by atoms with E-state index in [9.17, 15) is 9.18 Å². The summed E-state index contributed by atoms with van der Waals surface area (Å²) in [7, 11) is 0. The van der Waals surface area contributed by atoms with E-state index in [0.29, 0.717) is 45.0 Å². The zero-order valence-corrected chi connectivity index (χ0v) is 18.3. The van der Waals surface area contributed by atoms with Gasteiger partial charge in [0.25, 0.3) is 5.56 Å². The third kappa shape index (κ3) is 3.67. The summed E-state index contributed by atoms with van der Waals surface area (Å²) < 4.78 is 31.1. The Balaban J connectivity index is 1.33. The van der Waals surface area contributed by atoms with Gasteiger partial charge >= 0.3 is 0 Å². The van der Waals surface area contributed by atoms with Gasteiger partial charge in [-0.15, -0.1) is 0 Å². The maximum atomic E-state index is 13.5. The molecule has 0 bridgehead atoms.